The summed E-state index contributed by atoms with van der Waals surface area (Å²) in [6.45, 7) is 0.393. The number of allylic oxidation sites excluding steroid dienone is 2. The minimum atomic E-state index is -4.45. The summed E-state index contributed by atoms with van der Waals surface area (Å²) in [7, 11) is 0. The van der Waals surface area contributed by atoms with E-state index >= 15 is 0 Å². The van der Waals surface area contributed by atoms with Crippen LogP contribution in [0, 0.1) is 0 Å². The summed E-state index contributed by atoms with van der Waals surface area (Å²) in [5.74, 6) is -1.37. The molecule has 38 heavy (non-hydrogen) atoms. The van der Waals surface area contributed by atoms with Crippen molar-refractivity contribution in [2.45, 2.75) is 41.9 Å². The molecule has 1 aliphatic carbocycles. The zero-order valence-electron chi connectivity index (χ0n) is 20.0. The number of nitrogens with zero attached hydrogens (tertiary/aromatic N) is 2. The number of carboxylic acid groups (broad SMARTS) is 1. The molecule has 2 aliphatic rings. The topological polar surface area (TPSA) is 82.0 Å². The van der Waals surface area contributed by atoms with E-state index in [-0.39, 0.29) is 28.8 Å². The van der Waals surface area contributed by atoms with Gasteiger partial charge in [-0.15, -0.1) is 0 Å². The average Bonchev–Trinajstić information content (AvgIpc) is 3.27. The highest BCUT2D eigenvalue weighted by Crippen LogP contribution is 2.35. The van der Waals surface area contributed by atoms with E-state index in [1.54, 1.807) is 30.3 Å². The van der Waals surface area contributed by atoms with Crippen LogP contribution in [0.25, 0.3) is 0 Å². The van der Waals surface area contributed by atoms with Crippen LogP contribution in [0.5, 0.6) is 0 Å². The molecule has 0 fully saturated rings. The first-order chi connectivity index (χ1) is 18.0. The summed E-state index contributed by atoms with van der Waals surface area (Å²) < 4.78 is 40.2. The number of hydrogen-bond donors (Lipinski definition) is 2. The van der Waals surface area contributed by atoms with Crippen LogP contribution in [-0.4, -0.2) is 44.2 Å². The lowest BCUT2D eigenvalue weighted by Gasteiger charge is -2.27. The maximum atomic E-state index is 13.3. The van der Waals surface area contributed by atoms with Gasteiger partial charge in [-0.3, -0.25) is 14.6 Å². The van der Waals surface area contributed by atoms with E-state index in [2.05, 4.69) is 34.0 Å². The van der Waals surface area contributed by atoms with E-state index in [9.17, 15) is 22.8 Å². The third-order valence-corrected chi connectivity index (χ3v) is 7.24. The van der Waals surface area contributed by atoms with Gasteiger partial charge in [-0.2, -0.15) is 18.3 Å². The molecule has 2 atom stereocenters. The number of aliphatic carboxylic acids is 1. The van der Waals surface area contributed by atoms with Gasteiger partial charge in [0.25, 0.3) is 5.91 Å². The molecule has 6 nitrogen and oxygen atoms in total. The smallest absolute Gasteiger partial charge is 0.416 e. The van der Waals surface area contributed by atoms with Crippen molar-refractivity contribution in [3.8, 4) is 0 Å². The Morgan fingerprint density at radius 2 is 1.89 bits per heavy atom. The second-order valence-corrected chi connectivity index (χ2v) is 11.1. The molecule has 0 saturated carbocycles. The van der Waals surface area contributed by atoms with E-state index in [1.807, 2.05) is 11.1 Å². The fraction of sp³-hybridized carbons (Fsp3) is 0.296. The van der Waals surface area contributed by atoms with Crippen LogP contribution in [0.1, 0.15) is 46.3 Å². The highest BCUT2D eigenvalue weighted by molar-refractivity contribution is 14.1. The molecule has 2 N–H and O–H groups in total. The van der Waals surface area contributed by atoms with Crippen LogP contribution in [0.4, 0.5) is 13.2 Å². The van der Waals surface area contributed by atoms with Crippen molar-refractivity contribution in [2.24, 2.45) is 5.10 Å². The molecule has 1 amide bonds. The normalized spacial score (nSPS) is 19.5. The van der Waals surface area contributed by atoms with Crippen molar-refractivity contribution >= 4 is 51.8 Å². The van der Waals surface area contributed by atoms with Crippen molar-refractivity contribution in [1.29, 1.82) is 0 Å². The molecule has 0 spiro atoms. The Kier molecular flexibility index (Phi) is 8.81. The number of nitrogens with one attached hydrogen (secondary N) is 1. The molecule has 4 rings (SSSR count). The highest BCUT2D eigenvalue weighted by Gasteiger charge is 2.34. The number of carbonyl (C=O) groups is 2. The SMILES string of the molecule is O=C(O)CCNC(=O)c1ccc(CN2N=C(c3cccc(C(F)(F)F)c3)CC2C2=CC(I)CC(Cl)=C2)cc1. The molecule has 200 valence electrons. The molecule has 1 aliphatic heterocycles. The maximum absolute atomic E-state index is 13.3. The molecule has 2 aromatic carbocycles. The van der Waals surface area contributed by atoms with Gasteiger partial charge in [0.15, 0.2) is 0 Å². The second kappa shape index (κ2) is 11.9. The van der Waals surface area contributed by atoms with E-state index < -0.39 is 17.7 Å². The number of hydrogen-bond acceptors (Lipinski definition) is 4. The number of carbonyl (C=O) groups excluding carboxylic acids is 1. The predicted octanol–water partition coefficient (Wildman–Crippen LogP) is 6.14. The Morgan fingerprint density at radius 1 is 1.16 bits per heavy atom. The lowest BCUT2D eigenvalue weighted by Crippen LogP contribution is -2.29. The number of halogens is 5. The highest BCUT2D eigenvalue weighted by atomic mass is 127. The molecule has 0 radical (unpaired) electrons. The van der Waals surface area contributed by atoms with E-state index in [4.69, 9.17) is 21.8 Å². The molecular weight excluding hydrogens is 634 g/mol. The molecule has 0 bridgehead atoms. The van der Waals surface area contributed by atoms with Crippen LogP contribution in [0.15, 0.2) is 76.4 Å². The predicted molar refractivity (Wildman–Crippen MR) is 147 cm³/mol. The van der Waals surface area contributed by atoms with Gasteiger partial charge in [0.05, 0.1) is 30.3 Å². The van der Waals surface area contributed by atoms with Crippen molar-refractivity contribution in [3.05, 3.63) is 93.5 Å². The van der Waals surface area contributed by atoms with Crippen LogP contribution in [-0.2, 0) is 17.5 Å². The molecule has 0 saturated heterocycles. The quantitative estimate of drug-likeness (QED) is 0.264. The van der Waals surface area contributed by atoms with Crippen molar-refractivity contribution in [1.82, 2.24) is 10.3 Å². The van der Waals surface area contributed by atoms with Crippen LogP contribution < -0.4 is 5.32 Å². The zero-order chi connectivity index (χ0) is 27.4. The maximum Gasteiger partial charge on any atom is 0.416 e. The summed E-state index contributed by atoms with van der Waals surface area (Å²) in [6.07, 6.45) is 0.533. The largest absolute Gasteiger partial charge is 0.481 e. The Balaban J connectivity index is 1.57. The summed E-state index contributed by atoms with van der Waals surface area (Å²) in [6, 6.07) is 11.8. The molecule has 0 aromatic heterocycles. The number of rotatable bonds is 8. The summed E-state index contributed by atoms with van der Waals surface area (Å²) in [5.41, 5.74) is 2.44. The molecule has 2 unspecified atom stereocenters. The summed E-state index contributed by atoms with van der Waals surface area (Å²) in [4.78, 5) is 22.9. The lowest BCUT2D eigenvalue weighted by atomic mass is 9.94. The van der Waals surface area contributed by atoms with Gasteiger partial charge >= 0.3 is 12.1 Å². The lowest BCUT2D eigenvalue weighted by molar-refractivity contribution is -0.138. The van der Waals surface area contributed by atoms with Gasteiger partial charge in [0.2, 0.25) is 0 Å². The van der Waals surface area contributed by atoms with Crippen molar-refractivity contribution < 1.29 is 27.9 Å². The van der Waals surface area contributed by atoms with Crippen LogP contribution in [0.2, 0.25) is 0 Å². The monoisotopic (exact) mass is 657 g/mol. The second-order valence-electron chi connectivity index (χ2n) is 9.02. The van der Waals surface area contributed by atoms with Gasteiger partial charge in [-0.1, -0.05) is 64.5 Å². The molecular formula is C27H24ClF3IN3O3. The average molecular weight is 658 g/mol. The van der Waals surface area contributed by atoms with Crippen LogP contribution >= 0.6 is 34.2 Å². The molecule has 2 aromatic rings. The Hall–Kier alpha value is -2.86. The minimum absolute atomic E-state index is 0.0292. The van der Waals surface area contributed by atoms with Gasteiger partial charge in [0, 0.05) is 27.5 Å². The summed E-state index contributed by atoms with van der Waals surface area (Å²) in [5, 5.41) is 18.6. The number of hydrazone groups is 1. The zero-order valence-corrected chi connectivity index (χ0v) is 22.9. The van der Waals surface area contributed by atoms with Gasteiger partial charge in [-0.05, 0) is 53.5 Å². The number of alkyl halides is 4. The van der Waals surface area contributed by atoms with Crippen molar-refractivity contribution in [2.75, 3.05) is 6.54 Å². The first kappa shape index (κ1) is 28.2. The van der Waals surface area contributed by atoms with Crippen LogP contribution in [0.3, 0.4) is 0 Å². The number of benzene rings is 2. The first-order valence-electron chi connectivity index (χ1n) is 11.8. The van der Waals surface area contributed by atoms with E-state index in [0.29, 0.717) is 34.8 Å². The Labute approximate surface area is 236 Å². The van der Waals surface area contributed by atoms with Gasteiger partial charge < -0.3 is 10.4 Å². The summed E-state index contributed by atoms with van der Waals surface area (Å²) >= 11 is 8.69. The Bertz CT molecular complexity index is 1310. The standard InChI is InChI=1S/C27H24ClF3IN3O3/c28-21-11-19(12-22(32)13-21)24-14-23(18-2-1-3-20(10-18)27(29,30)31)34-35(24)15-16-4-6-17(7-5-16)26(38)33-9-8-25(36)37/h1-7,10-12,22,24H,8-9,13-15H2,(H,33,38)(H,36,37). The number of carboxylic acids is 1. The fourth-order valence-corrected chi connectivity index (χ4v) is 5.77. The minimum Gasteiger partial charge on any atom is -0.481 e. The first-order valence-corrected chi connectivity index (χ1v) is 13.4. The van der Waals surface area contributed by atoms with E-state index in [1.165, 1.54) is 6.07 Å². The fourth-order valence-electron chi connectivity index (χ4n) is 4.32. The number of amides is 1. The van der Waals surface area contributed by atoms with Gasteiger partial charge in [-0.25, -0.2) is 0 Å². The Morgan fingerprint density at radius 3 is 2.55 bits per heavy atom. The molecule has 1 heterocycles. The third-order valence-electron chi connectivity index (χ3n) is 6.18. The molecule has 11 heteroatoms. The van der Waals surface area contributed by atoms with Crippen molar-refractivity contribution in [3.63, 3.8) is 0 Å². The van der Waals surface area contributed by atoms with E-state index in [0.717, 1.165) is 29.7 Å². The van der Waals surface area contributed by atoms with Gasteiger partial charge in [0.1, 0.15) is 0 Å². The third kappa shape index (κ3) is 7.16.